The van der Waals surface area contributed by atoms with Gasteiger partial charge < -0.3 is 4.90 Å². The van der Waals surface area contributed by atoms with Gasteiger partial charge in [-0.05, 0) is 37.1 Å². The minimum atomic E-state index is 0.586. The number of rotatable bonds is 0. The Balaban J connectivity index is 0.000000461. The Hall–Kier alpha value is -0.0400. The van der Waals surface area contributed by atoms with Crippen LogP contribution in [-0.4, -0.2) is 24.5 Å². The fraction of sp³-hybridized carbons (Fsp3) is 1.00. The van der Waals surface area contributed by atoms with E-state index < -0.39 is 0 Å². The summed E-state index contributed by atoms with van der Waals surface area (Å²) in [6, 6.07) is 0.874. The Labute approximate surface area is 89.9 Å². The van der Waals surface area contributed by atoms with Crippen molar-refractivity contribution in [3.8, 4) is 0 Å². The Morgan fingerprint density at radius 3 is 2.14 bits per heavy atom. The summed E-state index contributed by atoms with van der Waals surface area (Å²) in [7, 11) is 2.29. The van der Waals surface area contributed by atoms with Crippen LogP contribution in [0.1, 0.15) is 53.9 Å². The molecule has 1 aliphatic heterocycles. The van der Waals surface area contributed by atoms with Crippen LogP contribution in [0.25, 0.3) is 0 Å². The number of hydrogen-bond acceptors (Lipinski definition) is 1. The number of nitrogens with zero attached hydrogens (tertiary/aromatic N) is 1. The van der Waals surface area contributed by atoms with Crippen molar-refractivity contribution >= 4 is 0 Å². The van der Waals surface area contributed by atoms with Gasteiger partial charge in [0, 0.05) is 12.6 Å². The highest BCUT2D eigenvalue weighted by Gasteiger charge is 2.48. The summed E-state index contributed by atoms with van der Waals surface area (Å²) in [6.45, 7) is 12.6. The molecule has 84 valence electrons. The molecular formula is C13H27N. The third-order valence-corrected chi connectivity index (χ3v) is 3.68. The zero-order valence-electron chi connectivity index (χ0n) is 10.9. The van der Waals surface area contributed by atoms with Crippen molar-refractivity contribution in [2.24, 2.45) is 10.8 Å². The molecule has 0 aromatic rings. The highest BCUT2D eigenvalue weighted by atomic mass is 15.2. The Kier molecular flexibility index (Phi) is 3.30. The molecule has 1 saturated carbocycles. The van der Waals surface area contributed by atoms with Gasteiger partial charge in [-0.2, -0.15) is 0 Å². The van der Waals surface area contributed by atoms with Crippen molar-refractivity contribution in [2.75, 3.05) is 13.6 Å². The Morgan fingerprint density at radius 1 is 1.07 bits per heavy atom. The first-order chi connectivity index (χ1) is 6.40. The molecule has 2 bridgehead atoms. The lowest BCUT2D eigenvalue weighted by molar-refractivity contribution is 0.130. The second kappa shape index (κ2) is 3.84. The summed E-state index contributed by atoms with van der Waals surface area (Å²) in [5.41, 5.74) is 1.21. The molecule has 2 atom stereocenters. The highest BCUT2D eigenvalue weighted by molar-refractivity contribution is 5.01. The van der Waals surface area contributed by atoms with Crippen molar-refractivity contribution in [3.05, 3.63) is 0 Å². The van der Waals surface area contributed by atoms with E-state index in [4.69, 9.17) is 0 Å². The van der Waals surface area contributed by atoms with Crippen LogP contribution in [0.2, 0.25) is 0 Å². The van der Waals surface area contributed by atoms with E-state index in [2.05, 4.69) is 32.7 Å². The van der Waals surface area contributed by atoms with E-state index in [0.717, 1.165) is 6.04 Å². The molecule has 0 radical (unpaired) electrons. The van der Waals surface area contributed by atoms with Crippen LogP contribution in [0.5, 0.6) is 0 Å². The average molecular weight is 197 g/mol. The van der Waals surface area contributed by atoms with Gasteiger partial charge in [0.25, 0.3) is 0 Å². The van der Waals surface area contributed by atoms with Gasteiger partial charge in [0.1, 0.15) is 0 Å². The van der Waals surface area contributed by atoms with Gasteiger partial charge in [-0.15, -0.1) is 0 Å². The molecule has 2 fully saturated rings. The minimum absolute atomic E-state index is 0.586. The number of likely N-dealkylation sites (tertiary alicyclic amines) is 1. The topological polar surface area (TPSA) is 3.24 Å². The molecular weight excluding hydrogens is 170 g/mol. The monoisotopic (exact) mass is 197 g/mol. The second-order valence-electron chi connectivity index (χ2n) is 6.13. The first kappa shape index (κ1) is 12.0. The Bertz CT molecular complexity index is 193. The molecule has 2 aliphatic rings. The van der Waals surface area contributed by atoms with E-state index in [-0.39, 0.29) is 0 Å². The maximum absolute atomic E-state index is 2.56. The summed E-state index contributed by atoms with van der Waals surface area (Å²) < 4.78 is 0. The molecule has 1 saturated heterocycles. The summed E-state index contributed by atoms with van der Waals surface area (Å²) in [6.07, 6.45) is 4.26. The molecule has 1 aliphatic carbocycles. The summed E-state index contributed by atoms with van der Waals surface area (Å²) in [5, 5.41) is 0. The number of fused-ring (bicyclic) bond motifs is 2. The van der Waals surface area contributed by atoms with Crippen LogP contribution in [0.15, 0.2) is 0 Å². The van der Waals surface area contributed by atoms with Crippen LogP contribution < -0.4 is 0 Å². The maximum Gasteiger partial charge on any atom is 0.0103 e. The third-order valence-electron chi connectivity index (χ3n) is 3.68. The van der Waals surface area contributed by atoms with Gasteiger partial charge in [0.05, 0.1) is 0 Å². The molecule has 1 nitrogen and oxygen atoms in total. The fourth-order valence-electron chi connectivity index (χ4n) is 3.74. The second-order valence-corrected chi connectivity index (χ2v) is 6.13. The highest BCUT2D eigenvalue weighted by Crippen LogP contribution is 2.51. The van der Waals surface area contributed by atoms with Crippen molar-refractivity contribution in [3.63, 3.8) is 0 Å². The fourth-order valence-corrected chi connectivity index (χ4v) is 3.74. The first-order valence-corrected chi connectivity index (χ1v) is 6.11. The molecule has 0 aromatic carbocycles. The summed E-state index contributed by atoms with van der Waals surface area (Å²) >= 11 is 0. The normalized spacial score (nSPS) is 40.3. The van der Waals surface area contributed by atoms with Gasteiger partial charge in [-0.1, -0.05) is 34.6 Å². The van der Waals surface area contributed by atoms with Crippen molar-refractivity contribution in [1.82, 2.24) is 4.90 Å². The maximum atomic E-state index is 2.56. The first-order valence-electron chi connectivity index (χ1n) is 6.11. The van der Waals surface area contributed by atoms with E-state index in [1.54, 1.807) is 0 Å². The molecule has 14 heavy (non-hydrogen) atoms. The van der Waals surface area contributed by atoms with Crippen LogP contribution in [0, 0.1) is 10.8 Å². The van der Waals surface area contributed by atoms with Crippen molar-refractivity contribution in [2.45, 2.75) is 59.9 Å². The smallest absolute Gasteiger partial charge is 0.0103 e. The summed E-state index contributed by atoms with van der Waals surface area (Å²) in [4.78, 5) is 2.56. The van der Waals surface area contributed by atoms with Crippen LogP contribution in [0.3, 0.4) is 0 Å². The lowest BCUT2D eigenvalue weighted by Crippen LogP contribution is -2.33. The molecule has 0 amide bonds. The molecule has 0 N–H and O–H groups in total. The molecule has 0 aromatic heterocycles. The predicted molar refractivity (Wildman–Crippen MR) is 63.5 cm³/mol. The molecule has 1 heteroatoms. The lowest BCUT2D eigenvalue weighted by atomic mass is 9.65. The minimum Gasteiger partial charge on any atom is -0.303 e. The van der Waals surface area contributed by atoms with E-state index in [0.29, 0.717) is 10.8 Å². The predicted octanol–water partition coefficient (Wildman–Crippen LogP) is 3.54. The van der Waals surface area contributed by atoms with Gasteiger partial charge in [-0.25, -0.2) is 0 Å². The third kappa shape index (κ3) is 2.31. The number of hydrogen-bond donors (Lipinski definition) is 0. The molecule has 0 spiro atoms. The van der Waals surface area contributed by atoms with E-state index in [1.165, 1.54) is 25.8 Å². The van der Waals surface area contributed by atoms with E-state index in [9.17, 15) is 0 Å². The molecule has 2 rings (SSSR count). The SMILES string of the molecule is CC.CN1CC2(C)CC1CC(C)(C)C2. The van der Waals surface area contributed by atoms with Gasteiger partial charge in [-0.3, -0.25) is 0 Å². The lowest BCUT2D eigenvalue weighted by Gasteiger charge is -2.39. The zero-order valence-corrected chi connectivity index (χ0v) is 10.9. The van der Waals surface area contributed by atoms with Gasteiger partial charge in [0.15, 0.2) is 0 Å². The molecule has 2 unspecified atom stereocenters. The largest absolute Gasteiger partial charge is 0.303 e. The van der Waals surface area contributed by atoms with Crippen LogP contribution in [-0.2, 0) is 0 Å². The van der Waals surface area contributed by atoms with E-state index >= 15 is 0 Å². The van der Waals surface area contributed by atoms with Crippen LogP contribution >= 0.6 is 0 Å². The zero-order chi connectivity index (χ0) is 11.0. The van der Waals surface area contributed by atoms with Gasteiger partial charge in [0.2, 0.25) is 0 Å². The van der Waals surface area contributed by atoms with Gasteiger partial charge >= 0.3 is 0 Å². The summed E-state index contributed by atoms with van der Waals surface area (Å²) in [5.74, 6) is 0. The van der Waals surface area contributed by atoms with E-state index in [1.807, 2.05) is 13.8 Å². The van der Waals surface area contributed by atoms with Crippen molar-refractivity contribution in [1.29, 1.82) is 0 Å². The van der Waals surface area contributed by atoms with Crippen LogP contribution in [0.4, 0.5) is 0 Å². The standard InChI is InChI=1S/C11H21N.C2H6/c1-10(2)5-9-6-11(3,7-10)8-12(9)4;1-2/h9H,5-8H2,1-4H3;1-2H3. The average Bonchev–Trinajstić information content (AvgIpc) is 2.23. The quantitative estimate of drug-likeness (QED) is 0.574. The Morgan fingerprint density at radius 2 is 1.64 bits per heavy atom. The van der Waals surface area contributed by atoms with Crippen molar-refractivity contribution < 1.29 is 0 Å². The molecule has 1 heterocycles.